The van der Waals surface area contributed by atoms with Gasteiger partial charge in [-0.25, -0.2) is 4.79 Å². The molecule has 0 spiro atoms. The van der Waals surface area contributed by atoms with Crippen molar-refractivity contribution in [2.24, 2.45) is 0 Å². The Hall–Kier alpha value is -2.24. The minimum Gasteiger partial charge on any atom is -0.495 e. The van der Waals surface area contributed by atoms with Crippen LogP contribution in [0.3, 0.4) is 0 Å². The molecule has 1 aromatic rings. The zero-order valence-electron chi connectivity index (χ0n) is 12.0. The molecule has 1 aromatic carbocycles. The Kier molecular flexibility index (Phi) is 6.36. The van der Waals surface area contributed by atoms with Crippen molar-refractivity contribution in [3.05, 3.63) is 24.3 Å². The van der Waals surface area contributed by atoms with Gasteiger partial charge >= 0.3 is 12.0 Å². The molecule has 2 amide bonds. The van der Waals surface area contributed by atoms with E-state index in [1.54, 1.807) is 32.0 Å². The average Bonchev–Trinajstić information content (AvgIpc) is 2.45. The van der Waals surface area contributed by atoms with Crippen molar-refractivity contribution < 1.29 is 19.1 Å². The summed E-state index contributed by atoms with van der Waals surface area (Å²) in [4.78, 5) is 24.9. The number of urea groups is 1. The average molecular weight is 280 g/mol. The lowest BCUT2D eigenvalue weighted by atomic mass is 10.3. The van der Waals surface area contributed by atoms with Crippen LogP contribution in [0, 0.1) is 0 Å². The van der Waals surface area contributed by atoms with Crippen LogP contribution >= 0.6 is 0 Å². The van der Waals surface area contributed by atoms with Gasteiger partial charge in [-0.3, -0.25) is 4.79 Å². The summed E-state index contributed by atoms with van der Waals surface area (Å²) in [6.07, 6.45) is 0. The highest BCUT2D eigenvalue weighted by molar-refractivity contribution is 5.92. The maximum Gasteiger partial charge on any atom is 0.325 e. The van der Waals surface area contributed by atoms with Gasteiger partial charge in [0.25, 0.3) is 0 Å². The van der Waals surface area contributed by atoms with E-state index in [1.165, 1.54) is 12.0 Å². The summed E-state index contributed by atoms with van der Waals surface area (Å²) in [5, 5.41) is 2.71. The van der Waals surface area contributed by atoms with Crippen LogP contribution in [0.25, 0.3) is 0 Å². The van der Waals surface area contributed by atoms with Crippen molar-refractivity contribution in [3.8, 4) is 5.75 Å². The number of ether oxygens (including phenoxy) is 2. The topological polar surface area (TPSA) is 67.9 Å². The first-order valence-electron chi connectivity index (χ1n) is 6.46. The van der Waals surface area contributed by atoms with E-state index in [0.29, 0.717) is 24.6 Å². The molecule has 0 bridgehead atoms. The zero-order valence-corrected chi connectivity index (χ0v) is 12.0. The lowest BCUT2D eigenvalue weighted by molar-refractivity contribution is -0.143. The summed E-state index contributed by atoms with van der Waals surface area (Å²) in [6, 6.07) is 6.71. The van der Waals surface area contributed by atoms with Crippen molar-refractivity contribution in [1.82, 2.24) is 4.90 Å². The van der Waals surface area contributed by atoms with Gasteiger partial charge in [0, 0.05) is 6.54 Å². The van der Waals surface area contributed by atoms with Crippen molar-refractivity contribution in [3.63, 3.8) is 0 Å². The second-order valence-corrected chi connectivity index (χ2v) is 3.95. The number of hydrogen-bond acceptors (Lipinski definition) is 4. The fourth-order valence-electron chi connectivity index (χ4n) is 1.63. The molecule has 0 saturated heterocycles. The molecule has 0 fully saturated rings. The molecule has 1 rings (SSSR count). The van der Waals surface area contributed by atoms with Crippen molar-refractivity contribution in [1.29, 1.82) is 0 Å². The standard InChI is InChI=1S/C14H20N2O4/c1-4-16(10-13(17)20-5-2)14(18)15-11-8-6-7-9-12(11)19-3/h6-9H,4-5,10H2,1-3H3,(H,15,18). The van der Waals surface area contributed by atoms with Gasteiger partial charge in [0.2, 0.25) is 0 Å². The molecule has 0 aliphatic rings. The Bertz CT molecular complexity index is 462. The van der Waals surface area contributed by atoms with Crippen LogP contribution in [0.2, 0.25) is 0 Å². The second kappa shape index (κ2) is 8.04. The highest BCUT2D eigenvalue weighted by atomic mass is 16.5. The molecule has 0 unspecified atom stereocenters. The predicted molar refractivity (Wildman–Crippen MR) is 75.9 cm³/mol. The number of esters is 1. The molecule has 0 aliphatic heterocycles. The normalized spacial score (nSPS) is 9.75. The molecule has 6 nitrogen and oxygen atoms in total. The van der Waals surface area contributed by atoms with E-state index in [1.807, 2.05) is 6.07 Å². The number of carbonyl (C=O) groups excluding carboxylic acids is 2. The highest BCUT2D eigenvalue weighted by Gasteiger charge is 2.17. The smallest absolute Gasteiger partial charge is 0.325 e. The largest absolute Gasteiger partial charge is 0.495 e. The maximum absolute atomic E-state index is 12.1. The predicted octanol–water partition coefficient (Wildman–Crippen LogP) is 2.11. The number of carbonyl (C=O) groups is 2. The summed E-state index contributed by atoms with van der Waals surface area (Å²) in [7, 11) is 1.53. The third-order valence-electron chi connectivity index (χ3n) is 2.64. The number of hydrogen-bond donors (Lipinski definition) is 1. The van der Waals surface area contributed by atoms with E-state index in [2.05, 4.69) is 5.32 Å². The number of rotatable bonds is 6. The number of nitrogens with one attached hydrogen (secondary N) is 1. The molecule has 0 aliphatic carbocycles. The molecule has 0 saturated carbocycles. The third kappa shape index (κ3) is 4.46. The Morgan fingerprint density at radius 2 is 1.95 bits per heavy atom. The Labute approximate surface area is 118 Å². The lowest BCUT2D eigenvalue weighted by Gasteiger charge is -2.21. The Morgan fingerprint density at radius 3 is 2.55 bits per heavy atom. The monoisotopic (exact) mass is 280 g/mol. The molecule has 110 valence electrons. The van der Waals surface area contributed by atoms with Crippen molar-refractivity contribution in [2.45, 2.75) is 13.8 Å². The van der Waals surface area contributed by atoms with Crippen molar-refractivity contribution >= 4 is 17.7 Å². The summed E-state index contributed by atoms with van der Waals surface area (Å²) in [6.45, 7) is 4.14. The van der Waals surface area contributed by atoms with Gasteiger partial charge < -0.3 is 19.7 Å². The van der Waals surface area contributed by atoms with Gasteiger partial charge in [-0.05, 0) is 26.0 Å². The molecular weight excluding hydrogens is 260 g/mol. The van der Waals surface area contributed by atoms with E-state index in [9.17, 15) is 9.59 Å². The summed E-state index contributed by atoms with van der Waals surface area (Å²) in [5.41, 5.74) is 0.558. The van der Waals surface area contributed by atoms with Crippen LogP contribution in [-0.2, 0) is 9.53 Å². The summed E-state index contributed by atoms with van der Waals surface area (Å²) >= 11 is 0. The van der Waals surface area contributed by atoms with Crippen LogP contribution in [0.1, 0.15) is 13.8 Å². The number of likely N-dealkylation sites (N-methyl/N-ethyl adjacent to an activating group) is 1. The molecule has 20 heavy (non-hydrogen) atoms. The van der Waals surface area contributed by atoms with E-state index >= 15 is 0 Å². The molecule has 0 atom stereocenters. The molecule has 0 radical (unpaired) electrons. The third-order valence-corrected chi connectivity index (χ3v) is 2.64. The van der Waals surface area contributed by atoms with Crippen LogP contribution in [0.4, 0.5) is 10.5 Å². The van der Waals surface area contributed by atoms with Gasteiger partial charge in [0.05, 0.1) is 19.4 Å². The fraction of sp³-hybridized carbons (Fsp3) is 0.429. The van der Waals surface area contributed by atoms with Crippen LogP contribution in [0.15, 0.2) is 24.3 Å². The van der Waals surface area contributed by atoms with Crippen LogP contribution in [0.5, 0.6) is 5.75 Å². The van der Waals surface area contributed by atoms with E-state index in [0.717, 1.165) is 0 Å². The minimum atomic E-state index is -0.426. The number of methoxy groups -OCH3 is 1. The van der Waals surface area contributed by atoms with Gasteiger partial charge in [-0.15, -0.1) is 0 Å². The fourth-order valence-corrected chi connectivity index (χ4v) is 1.63. The number of anilines is 1. The lowest BCUT2D eigenvalue weighted by Crippen LogP contribution is -2.39. The number of nitrogens with zero attached hydrogens (tertiary/aromatic N) is 1. The van der Waals surface area contributed by atoms with Crippen LogP contribution in [-0.4, -0.2) is 43.7 Å². The molecular formula is C14H20N2O4. The number of benzene rings is 1. The van der Waals surface area contributed by atoms with Gasteiger partial charge in [-0.2, -0.15) is 0 Å². The van der Waals surface area contributed by atoms with Gasteiger partial charge in [0.1, 0.15) is 12.3 Å². The number of para-hydroxylation sites is 2. The summed E-state index contributed by atoms with van der Waals surface area (Å²) in [5.74, 6) is 0.137. The van der Waals surface area contributed by atoms with Gasteiger partial charge in [0.15, 0.2) is 0 Å². The van der Waals surface area contributed by atoms with E-state index in [4.69, 9.17) is 9.47 Å². The summed E-state index contributed by atoms with van der Waals surface area (Å²) < 4.78 is 9.99. The van der Waals surface area contributed by atoms with E-state index in [-0.39, 0.29) is 12.6 Å². The molecule has 1 N–H and O–H groups in total. The van der Waals surface area contributed by atoms with Crippen molar-refractivity contribution in [2.75, 3.05) is 32.1 Å². The molecule has 6 heteroatoms. The minimum absolute atomic E-state index is 0.0781. The molecule has 0 heterocycles. The van der Waals surface area contributed by atoms with Gasteiger partial charge in [-0.1, -0.05) is 12.1 Å². The zero-order chi connectivity index (χ0) is 15.0. The SMILES string of the molecule is CCOC(=O)CN(CC)C(=O)Nc1ccccc1OC. The first kappa shape index (κ1) is 15.8. The maximum atomic E-state index is 12.1. The first-order chi connectivity index (χ1) is 9.62. The first-order valence-corrected chi connectivity index (χ1v) is 6.46. The highest BCUT2D eigenvalue weighted by Crippen LogP contribution is 2.23. The Balaban J connectivity index is 2.69. The second-order valence-electron chi connectivity index (χ2n) is 3.95. The van der Waals surface area contributed by atoms with E-state index < -0.39 is 5.97 Å². The molecule has 0 aromatic heterocycles. The Morgan fingerprint density at radius 1 is 1.25 bits per heavy atom. The van der Waals surface area contributed by atoms with Crippen LogP contribution < -0.4 is 10.1 Å². The quantitative estimate of drug-likeness (QED) is 0.810. The number of amides is 2.